The topological polar surface area (TPSA) is 27.7 Å². The predicted octanol–water partition coefficient (Wildman–Crippen LogP) is 4.64. The van der Waals surface area contributed by atoms with Crippen molar-refractivity contribution in [2.24, 2.45) is 0 Å². The smallest absolute Gasteiger partial charge is 0.0830 e. The third-order valence-corrected chi connectivity index (χ3v) is 3.29. The van der Waals surface area contributed by atoms with Gasteiger partial charge in [0.05, 0.1) is 40.0 Å². The summed E-state index contributed by atoms with van der Waals surface area (Å²) in [5.74, 6) is 0. The second-order valence-corrected chi connectivity index (χ2v) is 5.05. The van der Waals surface area contributed by atoms with Crippen LogP contribution >= 0.6 is 0 Å². The second kappa shape index (κ2) is 9.49. The fraction of sp³-hybridized carbons (Fsp3) is 0.200. The summed E-state index contributed by atoms with van der Waals surface area (Å²) in [4.78, 5) is 0. The summed E-state index contributed by atoms with van der Waals surface area (Å²) in [6, 6.07) is 16.4. The Bertz CT molecular complexity index is 567. The maximum atomic E-state index is 5.76. The zero-order valence-corrected chi connectivity index (χ0v) is 13.6. The second-order valence-electron chi connectivity index (χ2n) is 5.05. The van der Waals surface area contributed by atoms with Crippen LogP contribution in [0.2, 0.25) is 0 Å². The van der Waals surface area contributed by atoms with Crippen molar-refractivity contribution in [2.75, 3.05) is 14.2 Å². The Labute approximate surface area is 137 Å². The first-order chi connectivity index (χ1) is 11.3. The highest BCUT2D eigenvalue weighted by Gasteiger charge is 1.96. The Morgan fingerprint density at radius 3 is 1.39 bits per heavy atom. The number of hydrogen-bond acceptors (Lipinski definition) is 3. The van der Waals surface area contributed by atoms with Crippen molar-refractivity contribution < 1.29 is 14.2 Å². The molecular weight excluding hydrogens is 288 g/mol. The van der Waals surface area contributed by atoms with Crippen LogP contribution in [-0.2, 0) is 27.4 Å². The number of benzene rings is 2. The SMILES string of the molecule is COC=Cc1ccc(COCc2ccc(C=COC)cc2)cc1. The summed E-state index contributed by atoms with van der Waals surface area (Å²) in [5.41, 5.74) is 4.52. The van der Waals surface area contributed by atoms with Gasteiger partial charge in [0.15, 0.2) is 0 Å². The molecule has 0 spiro atoms. The molecule has 0 N–H and O–H groups in total. The van der Waals surface area contributed by atoms with Crippen LogP contribution in [0.25, 0.3) is 12.2 Å². The largest absolute Gasteiger partial charge is 0.504 e. The van der Waals surface area contributed by atoms with E-state index >= 15 is 0 Å². The van der Waals surface area contributed by atoms with Crippen LogP contribution in [0.3, 0.4) is 0 Å². The van der Waals surface area contributed by atoms with E-state index in [0.29, 0.717) is 13.2 Å². The highest BCUT2D eigenvalue weighted by Crippen LogP contribution is 2.11. The molecule has 0 amide bonds. The minimum atomic E-state index is 0.597. The highest BCUT2D eigenvalue weighted by molar-refractivity contribution is 5.49. The van der Waals surface area contributed by atoms with Gasteiger partial charge in [-0.25, -0.2) is 0 Å². The molecule has 120 valence electrons. The van der Waals surface area contributed by atoms with Crippen LogP contribution < -0.4 is 0 Å². The minimum Gasteiger partial charge on any atom is -0.504 e. The van der Waals surface area contributed by atoms with Crippen LogP contribution in [0.1, 0.15) is 22.3 Å². The average Bonchev–Trinajstić information content (AvgIpc) is 2.60. The molecule has 3 nitrogen and oxygen atoms in total. The summed E-state index contributed by atoms with van der Waals surface area (Å²) in [5, 5.41) is 0. The summed E-state index contributed by atoms with van der Waals surface area (Å²) >= 11 is 0. The van der Waals surface area contributed by atoms with E-state index in [1.165, 1.54) is 0 Å². The first kappa shape index (κ1) is 16.8. The molecule has 23 heavy (non-hydrogen) atoms. The number of rotatable bonds is 8. The van der Waals surface area contributed by atoms with Crippen molar-refractivity contribution in [1.82, 2.24) is 0 Å². The van der Waals surface area contributed by atoms with Gasteiger partial charge in [-0.2, -0.15) is 0 Å². The van der Waals surface area contributed by atoms with Gasteiger partial charge in [0.25, 0.3) is 0 Å². The first-order valence-corrected chi connectivity index (χ1v) is 7.46. The molecule has 0 aliphatic rings. The van der Waals surface area contributed by atoms with Crippen LogP contribution in [0.15, 0.2) is 61.1 Å². The fourth-order valence-corrected chi connectivity index (χ4v) is 2.03. The molecule has 0 heterocycles. The van der Waals surface area contributed by atoms with Crippen LogP contribution in [0.4, 0.5) is 0 Å². The molecule has 0 bridgehead atoms. The van der Waals surface area contributed by atoms with Gasteiger partial charge in [-0.15, -0.1) is 0 Å². The van der Waals surface area contributed by atoms with E-state index in [-0.39, 0.29) is 0 Å². The summed E-state index contributed by atoms with van der Waals surface area (Å²) in [6.07, 6.45) is 7.17. The average molecular weight is 310 g/mol. The lowest BCUT2D eigenvalue weighted by Crippen LogP contribution is -1.94. The van der Waals surface area contributed by atoms with Gasteiger partial charge in [0.2, 0.25) is 0 Å². The quantitative estimate of drug-likeness (QED) is 0.665. The lowest BCUT2D eigenvalue weighted by molar-refractivity contribution is 0.107. The molecule has 0 aliphatic heterocycles. The molecule has 0 saturated heterocycles. The van der Waals surface area contributed by atoms with Crippen molar-refractivity contribution in [2.45, 2.75) is 13.2 Å². The van der Waals surface area contributed by atoms with Gasteiger partial charge in [-0.3, -0.25) is 0 Å². The van der Waals surface area contributed by atoms with Crippen molar-refractivity contribution in [3.05, 3.63) is 83.3 Å². The monoisotopic (exact) mass is 310 g/mol. The Kier molecular flexibility index (Phi) is 6.95. The van der Waals surface area contributed by atoms with Crippen LogP contribution in [-0.4, -0.2) is 14.2 Å². The zero-order chi connectivity index (χ0) is 16.3. The Morgan fingerprint density at radius 2 is 1.04 bits per heavy atom. The van der Waals surface area contributed by atoms with Gasteiger partial charge in [-0.1, -0.05) is 48.5 Å². The predicted molar refractivity (Wildman–Crippen MR) is 93.5 cm³/mol. The summed E-state index contributed by atoms with van der Waals surface area (Å²) in [7, 11) is 3.28. The van der Waals surface area contributed by atoms with Crippen molar-refractivity contribution in [1.29, 1.82) is 0 Å². The molecule has 0 aliphatic carbocycles. The van der Waals surface area contributed by atoms with Gasteiger partial charge >= 0.3 is 0 Å². The van der Waals surface area contributed by atoms with Gasteiger partial charge in [0, 0.05) is 0 Å². The number of hydrogen-bond donors (Lipinski definition) is 0. The Morgan fingerprint density at radius 1 is 0.652 bits per heavy atom. The normalized spacial score (nSPS) is 11.2. The van der Waals surface area contributed by atoms with E-state index in [1.54, 1.807) is 26.7 Å². The molecule has 2 aromatic rings. The molecule has 0 radical (unpaired) electrons. The van der Waals surface area contributed by atoms with Gasteiger partial charge in [0.1, 0.15) is 0 Å². The van der Waals surface area contributed by atoms with Gasteiger partial charge in [-0.05, 0) is 34.4 Å². The van der Waals surface area contributed by atoms with E-state index < -0.39 is 0 Å². The molecule has 2 aromatic carbocycles. The van der Waals surface area contributed by atoms with Crippen molar-refractivity contribution in [3.63, 3.8) is 0 Å². The van der Waals surface area contributed by atoms with Crippen molar-refractivity contribution in [3.8, 4) is 0 Å². The Hall–Kier alpha value is -2.52. The molecule has 0 fully saturated rings. The third-order valence-electron chi connectivity index (χ3n) is 3.29. The van der Waals surface area contributed by atoms with E-state index in [9.17, 15) is 0 Å². The van der Waals surface area contributed by atoms with E-state index in [2.05, 4.69) is 24.3 Å². The lowest BCUT2D eigenvalue weighted by Gasteiger charge is -2.06. The van der Waals surface area contributed by atoms with Crippen LogP contribution in [0.5, 0.6) is 0 Å². The van der Waals surface area contributed by atoms with E-state index in [1.807, 2.05) is 36.4 Å². The molecule has 0 aromatic heterocycles. The molecule has 0 unspecified atom stereocenters. The molecule has 0 saturated carbocycles. The maximum Gasteiger partial charge on any atom is 0.0830 e. The van der Waals surface area contributed by atoms with E-state index in [0.717, 1.165) is 22.3 Å². The standard InChI is InChI=1S/C20H22O3/c1-21-13-11-17-3-7-19(8-4-17)15-23-16-20-9-5-18(6-10-20)12-14-22-2/h3-14H,15-16H2,1-2H3. The summed E-state index contributed by atoms with van der Waals surface area (Å²) < 4.78 is 15.6. The van der Waals surface area contributed by atoms with Crippen LogP contribution in [0, 0.1) is 0 Å². The Balaban J connectivity index is 1.80. The molecule has 2 rings (SSSR count). The molecule has 3 heteroatoms. The fourth-order valence-electron chi connectivity index (χ4n) is 2.03. The van der Waals surface area contributed by atoms with Crippen molar-refractivity contribution >= 4 is 12.2 Å². The molecule has 0 atom stereocenters. The third kappa shape index (κ3) is 6.01. The van der Waals surface area contributed by atoms with Gasteiger partial charge < -0.3 is 14.2 Å². The zero-order valence-electron chi connectivity index (χ0n) is 13.6. The minimum absolute atomic E-state index is 0.597. The first-order valence-electron chi connectivity index (χ1n) is 7.46. The maximum absolute atomic E-state index is 5.76. The lowest BCUT2D eigenvalue weighted by atomic mass is 10.1. The number of methoxy groups -OCH3 is 2. The van der Waals surface area contributed by atoms with E-state index in [4.69, 9.17) is 14.2 Å². The highest BCUT2D eigenvalue weighted by atomic mass is 16.5. The summed E-state index contributed by atoms with van der Waals surface area (Å²) in [6.45, 7) is 1.19. The molecular formula is C20H22O3. The number of ether oxygens (including phenoxy) is 3.